The van der Waals surface area contributed by atoms with E-state index in [4.69, 9.17) is 23.7 Å². The van der Waals surface area contributed by atoms with E-state index in [9.17, 15) is 44.4 Å². The number of amides is 1. The van der Waals surface area contributed by atoms with Crippen LogP contribution in [0.25, 0.3) is 10.9 Å². The molecule has 3 aliphatic carbocycles. The summed E-state index contributed by atoms with van der Waals surface area (Å²) in [7, 11) is 0. The number of fused-ring (bicyclic) bond motifs is 9. The zero-order valence-electron chi connectivity index (χ0n) is 48.0. The van der Waals surface area contributed by atoms with E-state index in [-0.39, 0.29) is 41.3 Å². The van der Waals surface area contributed by atoms with Gasteiger partial charge in [0.25, 0.3) is 5.91 Å². The van der Waals surface area contributed by atoms with E-state index in [0.717, 1.165) is 49.8 Å². The molecule has 2 saturated carbocycles. The molecule has 442 valence electrons. The summed E-state index contributed by atoms with van der Waals surface area (Å²) in [4.78, 5) is 90.3. The maximum absolute atomic E-state index is 15.5. The van der Waals surface area contributed by atoms with Crippen molar-refractivity contribution in [3.63, 3.8) is 0 Å². The Bertz CT molecular complexity index is 3350. The monoisotopic (exact) mass is 1150 g/mol. The van der Waals surface area contributed by atoms with Gasteiger partial charge in [-0.1, -0.05) is 105 Å². The number of ether oxygens (including phenoxy) is 5. The standard InChI is InChI=1S/C47H51NO14.C19H22N2O/c1-25-31(60-43(56)36(52)35(28-16-10-7-11-17-28)48-41(54)29-18-12-8-13-19-29)23-47(57)40(61-42(55)30-20-14-9-15-21-30)38-45(6,32(51)22-33-46(38,24-58-33)62-27(3)50)39(53)37(59-26(2)49)34(25)44(47,4)5;1-2-13-12-21-10-8-14(13)11-18(21)19(22)16-7-9-20-17-6-4-3-5-15(16)17/h7-21,31-33,35-38,40,51-52,57H,22-24H2,1-6H3,(H,48,54);2-7,9,13-14,18-19,22H,1,8,10-12H2/t31-,32-,33+,35-,36+,37+,38-,40-,45+,46-,47+;13-,14?,18-,19+/m01/s1. The van der Waals surface area contributed by atoms with Crippen molar-refractivity contribution in [1.29, 1.82) is 0 Å². The van der Waals surface area contributed by atoms with E-state index in [0.29, 0.717) is 17.4 Å². The van der Waals surface area contributed by atoms with Crippen LogP contribution in [0.15, 0.2) is 151 Å². The minimum absolute atomic E-state index is 0.00289. The fourth-order valence-electron chi connectivity index (χ4n) is 14.5. The number of nitrogens with zero attached hydrogens (tertiary/aromatic N) is 2. The number of nitrogens with one attached hydrogen (secondary N) is 1. The summed E-state index contributed by atoms with van der Waals surface area (Å²) in [5, 5.41) is 52.3. The molecule has 4 saturated heterocycles. The Hall–Kier alpha value is -7.45. The van der Waals surface area contributed by atoms with Crippen LogP contribution >= 0.6 is 0 Å². The summed E-state index contributed by atoms with van der Waals surface area (Å²) in [5.41, 5.74) is -5.05. The first kappa shape index (κ1) is 59.7. The minimum atomic E-state index is -2.39. The largest absolute Gasteiger partial charge is 0.456 e. The highest BCUT2D eigenvalue weighted by Crippen LogP contribution is 2.64. The number of hydrogen-bond donors (Lipinski definition) is 5. The molecule has 4 aliphatic heterocycles. The molecule has 84 heavy (non-hydrogen) atoms. The number of Topliss-reactive ketones (excluding diaryl/α,β-unsaturated/α-hetero) is 1. The highest BCUT2D eigenvalue weighted by molar-refractivity contribution is 5.96. The van der Waals surface area contributed by atoms with Crippen LogP contribution in [0.5, 0.6) is 0 Å². The maximum atomic E-state index is 15.5. The summed E-state index contributed by atoms with van der Waals surface area (Å²) < 4.78 is 30.3. The third-order valence-corrected chi connectivity index (χ3v) is 19.0. The average Bonchev–Trinajstić information content (AvgIpc) is 0.691. The molecule has 4 bridgehead atoms. The van der Waals surface area contributed by atoms with Crippen LogP contribution < -0.4 is 5.32 Å². The molecule has 2 unspecified atom stereocenters. The summed E-state index contributed by atoms with van der Waals surface area (Å²) in [6.45, 7) is 14.1. The van der Waals surface area contributed by atoms with Gasteiger partial charge in [0.2, 0.25) is 0 Å². The number of hydrogen-bond acceptors (Lipinski definition) is 17. The molecule has 5 N–H and O–H groups in total. The Labute approximate surface area is 487 Å². The van der Waals surface area contributed by atoms with Gasteiger partial charge in [-0.15, -0.1) is 6.58 Å². The molecule has 12 rings (SSSR count). The quantitative estimate of drug-likeness (QED) is 0.0456. The van der Waals surface area contributed by atoms with Gasteiger partial charge in [0.1, 0.15) is 23.9 Å². The van der Waals surface area contributed by atoms with Crippen molar-refractivity contribution in [2.75, 3.05) is 19.7 Å². The topological polar surface area (TPSA) is 258 Å². The lowest BCUT2D eigenvalue weighted by Gasteiger charge is -2.67. The normalized spacial score (nSPS) is 31.9. The van der Waals surface area contributed by atoms with Gasteiger partial charge in [-0.3, -0.25) is 29.1 Å². The van der Waals surface area contributed by atoms with Crippen molar-refractivity contribution in [3.05, 3.63) is 174 Å². The van der Waals surface area contributed by atoms with Crippen LogP contribution in [0, 0.1) is 28.6 Å². The SMILES string of the molecule is C=C[C@@H]1CN2CCC1C[C@@H]2[C@@H](O)c1ccnc2ccccc12.CC(=O)O[C@H]1C(=O)[C@@]2(C)[C@H]([C@H](OC(=O)c3ccccc3)[C@]3(O)C[C@H](OC(=O)[C@H](O)[C@@H](NC(=O)c4ccccc4)c4ccccc4)C(C)=C1C3(C)C)[C@]1(OC(C)=O)CO[C@@H]1C[C@@H]2O. The van der Waals surface area contributed by atoms with Crippen LogP contribution in [0.1, 0.15) is 111 Å². The number of piperidine rings is 3. The van der Waals surface area contributed by atoms with Crippen LogP contribution in [0.4, 0.5) is 0 Å². The predicted molar refractivity (Wildman–Crippen MR) is 306 cm³/mol. The number of carbonyl (C=O) groups excluding carboxylic acids is 6. The summed E-state index contributed by atoms with van der Waals surface area (Å²) >= 11 is 0. The molecular weight excluding hydrogens is 1070 g/mol. The van der Waals surface area contributed by atoms with Gasteiger partial charge in [-0.05, 0) is 104 Å². The lowest BCUT2D eigenvalue weighted by Crippen LogP contribution is -2.82. The molecule has 5 heterocycles. The van der Waals surface area contributed by atoms with Crippen LogP contribution in [0.3, 0.4) is 0 Å². The number of carbonyl (C=O) groups is 6. The lowest BCUT2D eigenvalue weighted by molar-refractivity contribution is -0.346. The van der Waals surface area contributed by atoms with Crippen molar-refractivity contribution in [2.45, 2.75) is 133 Å². The Kier molecular flexibility index (Phi) is 16.7. The van der Waals surface area contributed by atoms with Gasteiger partial charge in [0, 0.05) is 61.8 Å². The fraction of sp³-hybridized carbons (Fsp3) is 0.439. The number of aromatic nitrogens is 1. The molecule has 1 amide bonds. The highest BCUT2D eigenvalue weighted by atomic mass is 16.6. The molecular formula is C66H73N3O15. The number of para-hydroxylation sites is 1. The molecule has 18 nitrogen and oxygen atoms in total. The smallest absolute Gasteiger partial charge is 0.338 e. The van der Waals surface area contributed by atoms with Gasteiger partial charge < -0.3 is 49.4 Å². The first-order valence-electron chi connectivity index (χ1n) is 28.6. The van der Waals surface area contributed by atoms with E-state index in [1.807, 2.05) is 30.5 Å². The molecule has 0 radical (unpaired) electrons. The Morgan fingerprint density at radius 1 is 0.833 bits per heavy atom. The number of aliphatic hydroxyl groups is 4. The van der Waals surface area contributed by atoms with Gasteiger partial charge in [0.05, 0.1) is 47.3 Å². The van der Waals surface area contributed by atoms with Crippen molar-refractivity contribution in [3.8, 4) is 0 Å². The Morgan fingerprint density at radius 3 is 2.08 bits per heavy atom. The highest BCUT2D eigenvalue weighted by Gasteiger charge is 2.78. The predicted octanol–water partition coefficient (Wildman–Crippen LogP) is 6.90. The second kappa shape index (κ2) is 23.5. The second-order valence-corrected chi connectivity index (χ2v) is 24.0. The maximum Gasteiger partial charge on any atom is 0.338 e. The van der Waals surface area contributed by atoms with E-state index < -0.39 is 119 Å². The number of rotatable bonds is 13. The first-order valence-corrected chi connectivity index (χ1v) is 28.6. The van der Waals surface area contributed by atoms with Gasteiger partial charge in [0.15, 0.2) is 23.6 Å². The van der Waals surface area contributed by atoms with Crippen molar-refractivity contribution >= 4 is 46.5 Å². The molecule has 6 fully saturated rings. The van der Waals surface area contributed by atoms with Gasteiger partial charge in [-0.2, -0.15) is 0 Å². The molecule has 16 atom stereocenters. The molecule has 1 aromatic heterocycles. The van der Waals surface area contributed by atoms with E-state index in [1.54, 1.807) is 92.7 Å². The summed E-state index contributed by atoms with van der Waals surface area (Å²) in [5.74, 6) is -5.58. The Balaban J connectivity index is 0.000000295. The Morgan fingerprint density at radius 2 is 1.48 bits per heavy atom. The summed E-state index contributed by atoms with van der Waals surface area (Å²) in [6, 6.07) is 33.2. The molecule has 4 aromatic carbocycles. The zero-order chi connectivity index (χ0) is 60.0. The van der Waals surface area contributed by atoms with E-state index in [2.05, 4.69) is 33.9 Å². The number of aliphatic hydroxyl groups excluding tert-OH is 3. The van der Waals surface area contributed by atoms with Crippen molar-refractivity contribution in [1.82, 2.24) is 15.2 Å². The zero-order valence-corrected chi connectivity index (χ0v) is 48.0. The number of ketones is 1. The molecule has 5 aromatic rings. The second-order valence-electron chi connectivity index (χ2n) is 24.0. The van der Waals surface area contributed by atoms with Crippen LogP contribution in [-0.2, 0) is 42.9 Å². The van der Waals surface area contributed by atoms with Crippen molar-refractivity contribution < 1.29 is 72.9 Å². The van der Waals surface area contributed by atoms with Gasteiger partial charge in [-0.25, -0.2) is 9.59 Å². The number of esters is 4. The number of benzene rings is 4. The fourth-order valence-corrected chi connectivity index (χ4v) is 14.5. The van der Waals surface area contributed by atoms with Gasteiger partial charge >= 0.3 is 23.9 Å². The molecule has 18 heteroatoms. The van der Waals surface area contributed by atoms with Crippen molar-refractivity contribution in [2.24, 2.45) is 28.6 Å². The lowest BCUT2D eigenvalue weighted by atomic mass is 9.44. The summed E-state index contributed by atoms with van der Waals surface area (Å²) in [6.07, 6.45) is -4.75. The average molecular weight is 1150 g/mol. The minimum Gasteiger partial charge on any atom is -0.456 e. The van der Waals surface area contributed by atoms with E-state index >= 15 is 4.79 Å². The first-order chi connectivity index (χ1) is 40.0. The molecule has 7 aliphatic rings. The third kappa shape index (κ3) is 10.5. The van der Waals surface area contributed by atoms with Crippen LogP contribution in [-0.4, -0.2) is 139 Å². The third-order valence-electron chi connectivity index (χ3n) is 19.0. The van der Waals surface area contributed by atoms with Crippen LogP contribution in [0.2, 0.25) is 0 Å². The van der Waals surface area contributed by atoms with E-state index in [1.165, 1.54) is 32.4 Å². The molecule has 0 spiro atoms. The number of pyridine rings is 1.